The second-order valence-corrected chi connectivity index (χ2v) is 7.84. The van der Waals surface area contributed by atoms with Gasteiger partial charge in [-0.05, 0) is 35.7 Å². The van der Waals surface area contributed by atoms with Crippen LogP contribution < -0.4 is 5.32 Å². The number of carbonyl (C=O) groups excluding carboxylic acids is 3. The van der Waals surface area contributed by atoms with Crippen LogP contribution in [0, 0.1) is 6.92 Å². The van der Waals surface area contributed by atoms with Crippen molar-refractivity contribution in [1.82, 2.24) is 10.2 Å². The van der Waals surface area contributed by atoms with E-state index in [1.165, 1.54) is 4.90 Å². The Hall–Kier alpha value is -3.93. The van der Waals surface area contributed by atoms with E-state index in [0.717, 1.165) is 16.7 Å². The number of hydrogen-bond acceptors (Lipinski definition) is 4. The van der Waals surface area contributed by atoms with Gasteiger partial charge in [0.2, 0.25) is 0 Å². The Morgan fingerprint density at radius 3 is 2.15 bits per heavy atom. The molecule has 1 unspecified atom stereocenters. The van der Waals surface area contributed by atoms with Gasteiger partial charge in [0.15, 0.2) is 6.61 Å². The Bertz CT molecular complexity index is 1080. The summed E-state index contributed by atoms with van der Waals surface area (Å²) in [6.07, 6.45) is -0.0859. The minimum absolute atomic E-state index is 0.0859. The van der Waals surface area contributed by atoms with E-state index in [9.17, 15) is 14.4 Å². The van der Waals surface area contributed by atoms with E-state index in [1.54, 1.807) is 31.3 Å². The number of nitrogens with zero attached hydrogens (tertiary/aromatic N) is 1. The highest BCUT2D eigenvalue weighted by Gasteiger charge is 2.21. The summed E-state index contributed by atoms with van der Waals surface area (Å²) in [4.78, 5) is 39.2. The molecule has 170 valence electrons. The van der Waals surface area contributed by atoms with Gasteiger partial charge in [0.25, 0.3) is 11.8 Å². The normalized spacial score (nSPS) is 11.3. The highest BCUT2D eigenvalue weighted by atomic mass is 16.5. The van der Waals surface area contributed by atoms with Crippen LogP contribution in [0.3, 0.4) is 0 Å². The second-order valence-electron chi connectivity index (χ2n) is 7.84. The largest absolute Gasteiger partial charge is 0.455 e. The lowest BCUT2D eigenvalue weighted by molar-refractivity contribution is -0.152. The van der Waals surface area contributed by atoms with Gasteiger partial charge in [0.1, 0.15) is 0 Å². The summed E-state index contributed by atoms with van der Waals surface area (Å²) in [5, 5.41) is 2.89. The fraction of sp³-hybridized carbons (Fsp3) is 0.222. The fourth-order valence-electron chi connectivity index (χ4n) is 3.38. The first-order valence-electron chi connectivity index (χ1n) is 10.8. The van der Waals surface area contributed by atoms with Gasteiger partial charge in [-0.1, -0.05) is 72.8 Å². The molecule has 0 saturated heterocycles. The number of likely N-dealkylation sites (N-methyl/N-ethyl adjacent to an activating group) is 1. The summed E-state index contributed by atoms with van der Waals surface area (Å²) >= 11 is 0. The maximum Gasteiger partial charge on any atom is 0.308 e. The first-order valence-corrected chi connectivity index (χ1v) is 10.8. The molecular formula is C27H28N2O4. The molecule has 1 N–H and O–H groups in total. The number of amides is 2. The van der Waals surface area contributed by atoms with Gasteiger partial charge in [0.05, 0.1) is 12.5 Å². The van der Waals surface area contributed by atoms with Crippen molar-refractivity contribution in [2.45, 2.75) is 25.9 Å². The van der Waals surface area contributed by atoms with Gasteiger partial charge in [-0.2, -0.15) is 0 Å². The molecule has 0 fully saturated rings. The highest BCUT2D eigenvalue weighted by Crippen LogP contribution is 2.18. The number of carbonyl (C=O) groups is 3. The monoisotopic (exact) mass is 444 g/mol. The van der Waals surface area contributed by atoms with Gasteiger partial charge >= 0.3 is 5.97 Å². The van der Waals surface area contributed by atoms with Gasteiger partial charge in [-0.25, -0.2) is 0 Å². The van der Waals surface area contributed by atoms with Gasteiger partial charge in [-0.15, -0.1) is 0 Å². The van der Waals surface area contributed by atoms with Crippen molar-refractivity contribution in [2.24, 2.45) is 0 Å². The van der Waals surface area contributed by atoms with Gasteiger partial charge < -0.3 is 15.0 Å². The summed E-state index contributed by atoms with van der Waals surface area (Å²) < 4.78 is 5.25. The Morgan fingerprint density at radius 1 is 0.879 bits per heavy atom. The molecule has 2 amide bonds. The third-order valence-corrected chi connectivity index (χ3v) is 5.37. The maximum absolute atomic E-state index is 12.6. The van der Waals surface area contributed by atoms with E-state index < -0.39 is 12.0 Å². The smallest absolute Gasteiger partial charge is 0.308 e. The van der Waals surface area contributed by atoms with Crippen LogP contribution in [0.5, 0.6) is 0 Å². The lowest BCUT2D eigenvalue weighted by Crippen LogP contribution is -2.33. The second kappa shape index (κ2) is 11.6. The first kappa shape index (κ1) is 23.7. The molecule has 3 aromatic carbocycles. The minimum Gasteiger partial charge on any atom is -0.455 e. The topological polar surface area (TPSA) is 75.7 Å². The quantitative estimate of drug-likeness (QED) is 0.505. The Morgan fingerprint density at radius 2 is 1.48 bits per heavy atom. The van der Waals surface area contributed by atoms with Crippen molar-refractivity contribution in [3.63, 3.8) is 0 Å². The van der Waals surface area contributed by atoms with Gasteiger partial charge in [-0.3, -0.25) is 14.4 Å². The molecule has 0 aliphatic heterocycles. The standard InChI is InChI=1S/C27H28N2O4/c1-20-11-9-10-16-23(20)18-29(2)25(30)19-33-26(31)17-24(21-12-5-3-6-13-21)28-27(32)22-14-7-4-8-15-22/h3-16,24H,17-19H2,1-2H3,(H,28,32). The number of nitrogens with one attached hydrogen (secondary N) is 1. The predicted octanol–water partition coefficient (Wildman–Crippen LogP) is 4.06. The van der Waals surface area contributed by atoms with Crippen molar-refractivity contribution < 1.29 is 19.1 Å². The Balaban J connectivity index is 1.58. The molecule has 3 aromatic rings. The average molecular weight is 445 g/mol. The summed E-state index contributed by atoms with van der Waals surface area (Å²) in [6, 6.07) is 25.3. The Labute approximate surface area is 194 Å². The molecule has 0 aromatic heterocycles. The van der Waals surface area contributed by atoms with Crippen LogP contribution in [-0.4, -0.2) is 36.3 Å². The molecule has 6 heteroatoms. The number of aryl methyl sites for hydroxylation is 1. The zero-order valence-electron chi connectivity index (χ0n) is 18.9. The van der Waals surface area contributed by atoms with Crippen molar-refractivity contribution in [3.05, 3.63) is 107 Å². The number of esters is 1. The van der Waals surface area contributed by atoms with Crippen LogP contribution in [0.2, 0.25) is 0 Å². The van der Waals surface area contributed by atoms with Crippen molar-refractivity contribution >= 4 is 17.8 Å². The molecule has 6 nitrogen and oxygen atoms in total. The summed E-state index contributed by atoms with van der Waals surface area (Å²) in [7, 11) is 1.68. The molecule has 0 aliphatic carbocycles. The van der Waals surface area contributed by atoms with Crippen LogP contribution >= 0.6 is 0 Å². The molecule has 0 heterocycles. The van der Waals surface area contributed by atoms with E-state index in [1.807, 2.05) is 67.6 Å². The molecule has 0 radical (unpaired) electrons. The summed E-state index contributed by atoms with van der Waals surface area (Å²) in [5.74, 6) is -1.14. The first-order chi connectivity index (χ1) is 15.9. The van der Waals surface area contributed by atoms with Crippen LogP contribution in [0.15, 0.2) is 84.9 Å². The van der Waals surface area contributed by atoms with E-state index >= 15 is 0 Å². The van der Waals surface area contributed by atoms with Crippen LogP contribution in [-0.2, 0) is 20.9 Å². The zero-order valence-corrected chi connectivity index (χ0v) is 18.9. The summed E-state index contributed by atoms with van der Waals surface area (Å²) in [6.45, 7) is 2.07. The van der Waals surface area contributed by atoms with Crippen LogP contribution in [0.25, 0.3) is 0 Å². The minimum atomic E-state index is -0.578. The maximum atomic E-state index is 12.6. The van der Waals surface area contributed by atoms with E-state index in [-0.39, 0.29) is 24.8 Å². The third kappa shape index (κ3) is 7.04. The molecular weight excluding hydrogens is 416 g/mol. The molecule has 0 bridgehead atoms. The predicted molar refractivity (Wildman–Crippen MR) is 126 cm³/mol. The lowest BCUT2D eigenvalue weighted by atomic mass is 10.0. The number of rotatable bonds is 9. The average Bonchev–Trinajstić information content (AvgIpc) is 2.84. The van der Waals surface area contributed by atoms with Crippen molar-refractivity contribution in [3.8, 4) is 0 Å². The molecule has 3 rings (SSSR count). The van der Waals surface area contributed by atoms with Crippen molar-refractivity contribution in [2.75, 3.05) is 13.7 Å². The van der Waals surface area contributed by atoms with Gasteiger partial charge in [0, 0.05) is 19.2 Å². The number of benzene rings is 3. The van der Waals surface area contributed by atoms with Crippen molar-refractivity contribution in [1.29, 1.82) is 0 Å². The number of hydrogen-bond donors (Lipinski definition) is 1. The SMILES string of the molecule is Cc1ccccc1CN(C)C(=O)COC(=O)CC(NC(=O)c1ccccc1)c1ccccc1. The number of ether oxygens (including phenoxy) is 1. The van der Waals surface area contributed by atoms with E-state index in [0.29, 0.717) is 12.1 Å². The highest BCUT2D eigenvalue weighted by molar-refractivity contribution is 5.94. The molecule has 0 saturated carbocycles. The Kier molecular flexibility index (Phi) is 8.36. The van der Waals surface area contributed by atoms with Crippen LogP contribution in [0.4, 0.5) is 0 Å². The molecule has 1 atom stereocenters. The van der Waals surface area contributed by atoms with E-state index in [2.05, 4.69) is 5.32 Å². The summed E-state index contributed by atoms with van der Waals surface area (Å²) in [5.41, 5.74) is 3.41. The lowest BCUT2D eigenvalue weighted by Gasteiger charge is -2.20. The fourth-order valence-corrected chi connectivity index (χ4v) is 3.38. The molecule has 33 heavy (non-hydrogen) atoms. The van der Waals surface area contributed by atoms with E-state index in [4.69, 9.17) is 4.74 Å². The van der Waals surface area contributed by atoms with Crippen LogP contribution in [0.1, 0.15) is 39.5 Å². The third-order valence-electron chi connectivity index (χ3n) is 5.37. The zero-order chi connectivity index (χ0) is 23.6. The molecule has 0 spiro atoms. The molecule has 0 aliphatic rings.